The molecule has 10 heteroatoms. The van der Waals surface area contributed by atoms with Crippen molar-refractivity contribution in [2.45, 2.75) is 39.2 Å². The molecule has 0 aliphatic heterocycles. The van der Waals surface area contributed by atoms with E-state index in [1.54, 1.807) is 19.1 Å². The minimum absolute atomic E-state index is 0.0712. The highest BCUT2D eigenvalue weighted by atomic mass is 16.5. The number of rotatable bonds is 15. The number of nitrogens with one attached hydrogen (secondary N) is 2. The molecule has 0 saturated carbocycles. The highest BCUT2D eigenvalue weighted by Crippen LogP contribution is 2.25. The third-order valence-electron chi connectivity index (χ3n) is 4.38. The van der Waals surface area contributed by atoms with Crippen LogP contribution in [0.5, 0.6) is 5.75 Å². The van der Waals surface area contributed by atoms with Crippen molar-refractivity contribution in [2.24, 2.45) is 11.7 Å². The maximum atomic E-state index is 12.1. The van der Waals surface area contributed by atoms with Crippen molar-refractivity contribution >= 4 is 23.5 Å². The van der Waals surface area contributed by atoms with E-state index in [1.807, 2.05) is 0 Å². The summed E-state index contributed by atoms with van der Waals surface area (Å²) in [6.07, 6.45) is 0.850. The molecule has 174 valence electrons. The smallest absolute Gasteiger partial charge is 0.306 e. The van der Waals surface area contributed by atoms with Gasteiger partial charge in [-0.2, -0.15) is 0 Å². The van der Waals surface area contributed by atoms with E-state index in [4.69, 9.17) is 20.3 Å². The highest BCUT2D eigenvalue weighted by molar-refractivity contribution is 5.92. The molecule has 0 fully saturated rings. The Hall–Kier alpha value is -2.69. The lowest BCUT2D eigenvalue weighted by molar-refractivity contribution is -0.141. The number of hydrogen-bond acceptors (Lipinski definition) is 7. The number of aliphatic carboxylic acids is 1. The molecule has 0 aromatic heterocycles. The second-order valence-corrected chi connectivity index (χ2v) is 7.30. The molecule has 1 rings (SSSR count). The lowest BCUT2D eigenvalue weighted by Crippen LogP contribution is -2.28. The second kappa shape index (κ2) is 14.3. The average Bonchev–Trinajstić information content (AvgIpc) is 2.68. The van der Waals surface area contributed by atoms with Crippen LogP contribution in [0.2, 0.25) is 0 Å². The zero-order chi connectivity index (χ0) is 23.2. The fourth-order valence-corrected chi connectivity index (χ4v) is 2.75. The highest BCUT2D eigenvalue weighted by Gasteiger charge is 2.16. The Labute approximate surface area is 182 Å². The Balaban J connectivity index is 2.33. The first-order chi connectivity index (χ1) is 14.7. The quantitative estimate of drug-likeness (QED) is 0.199. The zero-order valence-electron chi connectivity index (χ0n) is 18.1. The molecule has 0 radical (unpaired) electrons. The van der Waals surface area contributed by atoms with E-state index in [0.29, 0.717) is 39.2 Å². The fraction of sp³-hybridized carbons (Fsp3) is 0.571. The van der Waals surface area contributed by atoms with Crippen molar-refractivity contribution in [3.63, 3.8) is 0 Å². The zero-order valence-corrected chi connectivity index (χ0v) is 18.1. The van der Waals surface area contributed by atoms with Crippen molar-refractivity contribution in [1.82, 2.24) is 5.32 Å². The van der Waals surface area contributed by atoms with Crippen LogP contribution < -0.4 is 16.4 Å². The van der Waals surface area contributed by atoms with Gasteiger partial charge in [-0.1, -0.05) is 13.0 Å². The van der Waals surface area contributed by atoms with Gasteiger partial charge in [-0.3, -0.25) is 14.4 Å². The number of benzene rings is 1. The number of ether oxygens (including phenoxy) is 2. The number of hydrogen-bond donors (Lipinski definition) is 5. The molecule has 0 heterocycles. The van der Waals surface area contributed by atoms with Gasteiger partial charge in [0.2, 0.25) is 11.8 Å². The van der Waals surface area contributed by atoms with Crippen LogP contribution in [-0.2, 0) is 30.3 Å². The van der Waals surface area contributed by atoms with Gasteiger partial charge in [0.25, 0.3) is 0 Å². The lowest BCUT2D eigenvalue weighted by atomic mass is 9.96. The third-order valence-corrected chi connectivity index (χ3v) is 4.38. The van der Waals surface area contributed by atoms with Crippen molar-refractivity contribution in [2.75, 3.05) is 38.3 Å². The molecule has 0 spiro atoms. The maximum Gasteiger partial charge on any atom is 0.306 e. The topological polar surface area (TPSA) is 160 Å². The number of phenolic OH excluding ortho intramolecular Hbond substituents is 1. The van der Waals surface area contributed by atoms with Crippen molar-refractivity contribution in [3.05, 3.63) is 23.8 Å². The average molecular weight is 440 g/mol. The number of carbonyl (C=O) groups excluding carboxylic acids is 2. The second-order valence-electron chi connectivity index (χ2n) is 7.30. The first-order valence-electron chi connectivity index (χ1n) is 10.2. The number of amides is 2. The van der Waals surface area contributed by atoms with Crippen molar-refractivity contribution in [3.8, 4) is 5.75 Å². The molecule has 0 bridgehead atoms. The largest absolute Gasteiger partial charge is 0.506 e. The van der Waals surface area contributed by atoms with Crippen LogP contribution in [0.15, 0.2) is 18.2 Å². The van der Waals surface area contributed by atoms with E-state index < -0.39 is 11.9 Å². The van der Waals surface area contributed by atoms with Gasteiger partial charge in [0.05, 0.1) is 44.5 Å². The molecule has 0 aliphatic carbocycles. The van der Waals surface area contributed by atoms with Gasteiger partial charge in [-0.15, -0.1) is 0 Å². The summed E-state index contributed by atoms with van der Waals surface area (Å²) in [5.41, 5.74) is 7.07. The first kappa shape index (κ1) is 26.3. The molecule has 0 saturated heterocycles. The first-order valence-corrected chi connectivity index (χ1v) is 10.2. The lowest BCUT2D eigenvalue weighted by Gasteiger charge is -2.15. The molecule has 1 aromatic rings. The van der Waals surface area contributed by atoms with E-state index in [9.17, 15) is 19.5 Å². The van der Waals surface area contributed by atoms with Gasteiger partial charge in [0, 0.05) is 19.5 Å². The summed E-state index contributed by atoms with van der Waals surface area (Å²) in [5, 5.41) is 24.2. The van der Waals surface area contributed by atoms with Gasteiger partial charge < -0.3 is 36.1 Å². The number of carboxylic acids is 1. The number of carboxylic acid groups (broad SMARTS) is 1. The summed E-state index contributed by atoms with van der Waals surface area (Å²) in [7, 11) is 0. The van der Waals surface area contributed by atoms with Crippen LogP contribution in [0.1, 0.15) is 32.3 Å². The Morgan fingerprint density at radius 3 is 2.45 bits per heavy atom. The number of phenols is 1. The van der Waals surface area contributed by atoms with E-state index in [2.05, 4.69) is 10.6 Å². The van der Waals surface area contributed by atoms with E-state index >= 15 is 0 Å². The van der Waals surface area contributed by atoms with Crippen molar-refractivity contribution in [1.29, 1.82) is 0 Å². The third kappa shape index (κ3) is 11.9. The molecule has 2 atom stereocenters. The Kier molecular flexibility index (Phi) is 12.2. The van der Waals surface area contributed by atoms with Gasteiger partial charge in [0.15, 0.2) is 0 Å². The van der Waals surface area contributed by atoms with Crippen LogP contribution in [0.25, 0.3) is 0 Å². The molecule has 10 nitrogen and oxygen atoms in total. The molecule has 0 aliphatic rings. The minimum Gasteiger partial charge on any atom is -0.506 e. The monoisotopic (exact) mass is 439 g/mol. The number of anilines is 1. The summed E-state index contributed by atoms with van der Waals surface area (Å²) < 4.78 is 10.6. The molecular weight excluding hydrogens is 406 g/mol. The predicted molar refractivity (Wildman–Crippen MR) is 115 cm³/mol. The standard InChI is InChI=1S/C21H33N3O7/c1-14(21(28)29)11-17(22)12-16-3-4-19(26)18(13-16)24-20(27)5-7-30-9-10-31-8-6-23-15(2)25/h3-4,13-14,17,26H,5-12,22H2,1-2H3,(H,23,25)(H,24,27)(H,28,29)/t14?,17-/m1/s1. The molecule has 2 amide bonds. The van der Waals surface area contributed by atoms with Crippen molar-refractivity contribution < 1.29 is 34.1 Å². The van der Waals surface area contributed by atoms with Crippen LogP contribution >= 0.6 is 0 Å². The van der Waals surface area contributed by atoms with Gasteiger partial charge in [-0.05, 0) is 30.5 Å². The molecule has 1 unspecified atom stereocenters. The Morgan fingerprint density at radius 1 is 1.13 bits per heavy atom. The summed E-state index contributed by atoms with van der Waals surface area (Å²) in [4.78, 5) is 33.7. The summed E-state index contributed by atoms with van der Waals surface area (Å²) in [6.45, 7) is 4.72. The van der Waals surface area contributed by atoms with Gasteiger partial charge >= 0.3 is 5.97 Å². The number of aromatic hydroxyl groups is 1. The van der Waals surface area contributed by atoms with Crippen LogP contribution in [-0.4, -0.2) is 67.0 Å². The van der Waals surface area contributed by atoms with E-state index in [0.717, 1.165) is 5.56 Å². The van der Waals surface area contributed by atoms with E-state index in [-0.39, 0.29) is 42.3 Å². The van der Waals surface area contributed by atoms with Crippen LogP contribution in [0.3, 0.4) is 0 Å². The fourth-order valence-electron chi connectivity index (χ4n) is 2.75. The molecule has 31 heavy (non-hydrogen) atoms. The maximum absolute atomic E-state index is 12.1. The minimum atomic E-state index is -0.895. The van der Waals surface area contributed by atoms with E-state index in [1.165, 1.54) is 13.0 Å². The van der Waals surface area contributed by atoms with Crippen LogP contribution in [0.4, 0.5) is 5.69 Å². The molecule has 6 N–H and O–H groups in total. The van der Waals surface area contributed by atoms with Gasteiger partial charge in [0.1, 0.15) is 5.75 Å². The molecular formula is C21H33N3O7. The SMILES string of the molecule is CC(=O)NCCOCCOCCC(=O)Nc1cc(C[C@H](N)CC(C)C(=O)O)ccc1O. The molecule has 1 aromatic carbocycles. The van der Waals surface area contributed by atoms with Crippen LogP contribution in [0, 0.1) is 5.92 Å². The number of carbonyl (C=O) groups is 3. The van der Waals surface area contributed by atoms with Gasteiger partial charge in [-0.25, -0.2) is 0 Å². The summed E-state index contributed by atoms with van der Waals surface area (Å²) >= 11 is 0. The normalized spacial score (nSPS) is 12.7. The Bertz CT molecular complexity index is 727. The summed E-state index contributed by atoms with van der Waals surface area (Å²) in [6, 6.07) is 4.42. The summed E-state index contributed by atoms with van der Waals surface area (Å²) in [5.74, 6) is -1.94. The predicted octanol–water partition coefficient (Wildman–Crippen LogP) is 0.871. The number of nitrogens with two attached hydrogens (primary N) is 1. The Morgan fingerprint density at radius 2 is 1.81 bits per heavy atom.